The summed E-state index contributed by atoms with van der Waals surface area (Å²) in [7, 11) is 1.70. The highest BCUT2D eigenvalue weighted by Crippen LogP contribution is 2.36. The van der Waals surface area contributed by atoms with Gasteiger partial charge >= 0.3 is 0 Å². The maximum atomic E-state index is 13.1. The van der Waals surface area contributed by atoms with Crippen LogP contribution in [-0.2, 0) is 11.8 Å². The summed E-state index contributed by atoms with van der Waals surface area (Å²) in [6.45, 7) is 2.30. The number of carbonyl (C=O) groups is 1. The number of benzene rings is 2. The third-order valence-electron chi connectivity index (χ3n) is 6.65. The van der Waals surface area contributed by atoms with E-state index in [4.69, 9.17) is 0 Å². The van der Waals surface area contributed by atoms with Crippen molar-refractivity contribution in [2.45, 2.75) is 35.8 Å². The number of nitrogens with zero attached hydrogens (tertiary/aromatic N) is 4. The van der Waals surface area contributed by atoms with Crippen LogP contribution in [0.3, 0.4) is 0 Å². The summed E-state index contributed by atoms with van der Waals surface area (Å²) >= 11 is 1.90. The number of pyridine rings is 1. The van der Waals surface area contributed by atoms with Gasteiger partial charge in [0.2, 0.25) is 5.91 Å². The van der Waals surface area contributed by atoms with Crippen LogP contribution in [0, 0.1) is 11.3 Å². The number of piperidine rings is 1. The fourth-order valence-corrected chi connectivity index (χ4v) is 6.06. The van der Waals surface area contributed by atoms with Crippen molar-refractivity contribution >= 4 is 39.9 Å². The lowest BCUT2D eigenvalue weighted by Gasteiger charge is -2.34. The van der Waals surface area contributed by atoms with Crippen molar-refractivity contribution in [3.05, 3.63) is 64.4 Å². The van der Waals surface area contributed by atoms with Crippen LogP contribution in [0.5, 0.6) is 0 Å². The largest absolute Gasteiger partial charge is 0.370 e. The van der Waals surface area contributed by atoms with Crippen LogP contribution in [-0.4, -0.2) is 35.4 Å². The van der Waals surface area contributed by atoms with Gasteiger partial charge in [-0.2, -0.15) is 5.26 Å². The lowest BCUT2D eigenvalue weighted by Crippen LogP contribution is -2.37. The van der Waals surface area contributed by atoms with Crippen molar-refractivity contribution in [2.75, 3.05) is 29.4 Å². The fraction of sp³-hybridized carbons (Fsp3) is 0.346. The molecule has 168 valence electrons. The summed E-state index contributed by atoms with van der Waals surface area (Å²) in [6.07, 6.45) is 3.39. The number of thioether (sulfide) groups is 1. The molecular formula is C26H26N4O2S. The molecule has 0 bridgehead atoms. The minimum Gasteiger partial charge on any atom is -0.370 e. The van der Waals surface area contributed by atoms with Gasteiger partial charge in [-0.15, -0.1) is 11.8 Å². The topological polar surface area (TPSA) is 69.3 Å². The zero-order valence-corrected chi connectivity index (χ0v) is 19.5. The Morgan fingerprint density at radius 3 is 2.45 bits per heavy atom. The van der Waals surface area contributed by atoms with Crippen LogP contribution >= 0.6 is 11.8 Å². The van der Waals surface area contributed by atoms with Gasteiger partial charge in [0.05, 0.1) is 11.2 Å². The molecule has 33 heavy (non-hydrogen) atoms. The number of fused-ring (bicyclic) bond motifs is 1. The van der Waals surface area contributed by atoms with Crippen LogP contribution in [0.25, 0.3) is 10.9 Å². The van der Waals surface area contributed by atoms with Crippen molar-refractivity contribution in [2.24, 2.45) is 7.05 Å². The SMILES string of the molecule is Cn1c(=O)c(C#N)c(N2CCC(Sc3ccccc3)CC2)c2ccc(N3CCCC3=O)cc21. The van der Waals surface area contributed by atoms with E-state index in [1.54, 1.807) is 16.5 Å². The second-order valence-electron chi connectivity index (χ2n) is 8.67. The number of amides is 1. The Labute approximate surface area is 197 Å². The van der Waals surface area contributed by atoms with Crippen molar-refractivity contribution in [3.63, 3.8) is 0 Å². The standard InChI is InChI=1S/C26H26N4O2S/c1-28-23-16-18(30-13-5-8-24(30)31)9-10-21(23)25(22(17-27)26(28)32)29-14-11-20(12-15-29)33-19-6-3-2-4-7-19/h2-4,6-7,9-10,16,20H,5,8,11-15H2,1H3. The normalized spacial score (nSPS) is 17.0. The number of hydrogen-bond donors (Lipinski definition) is 0. The zero-order valence-electron chi connectivity index (χ0n) is 18.7. The molecule has 2 aliphatic rings. The Bertz CT molecular complexity index is 1300. The molecule has 1 amide bonds. The van der Waals surface area contributed by atoms with E-state index in [0.717, 1.165) is 54.6 Å². The lowest BCUT2D eigenvalue weighted by atomic mass is 10.0. The number of aromatic nitrogens is 1. The molecule has 7 heteroatoms. The van der Waals surface area contributed by atoms with E-state index in [2.05, 4.69) is 35.2 Å². The van der Waals surface area contributed by atoms with Gasteiger partial charge in [0, 0.05) is 54.3 Å². The molecule has 0 spiro atoms. The van der Waals surface area contributed by atoms with Gasteiger partial charge in [-0.25, -0.2) is 0 Å². The van der Waals surface area contributed by atoms with Gasteiger partial charge in [0.15, 0.2) is 0 Å². The molecule has 0 saturated carbocycles. The molecule has 5 rings (SSSR count). The van der Waals surface area contributed by atoms with Crippen LogP contribution in [0.2, 0.25) is 0 Å². The third-order valence-corrected chi connectivity index (χ3v) is 8.00. The van der Waals surface area contributed by atoms with Gasteiger partial charge in [0.1, 0.15) is 11.6 Å². The quantitative estimate of drug-likeness (QED) is 0.583. The molecule has 0 atom stereocenters. The second kappa shape index (κ2) is 8.95. The van der Waals surface area contributed by atoms with E-state index in [9.17, 15) is 14.9 Å². The van der Waals surface area contributed by atoms with Gasteiger partial charge in [0.25, 0.3) is 5.56 Å². The molecule has 6 nitrogen and oxygen atoms in total. The summed E-state index contributed by atoms with van der Waals surface area (Å²) in [6, 6.07) is 18.4. The molecular weight excluding hydrogens is 432 g/mol. The molecule has 1 aromatic heterocycles. The second-order valence-corrected chi connectivity index (χ2v) is 10.0. The summed E-state index contributed by atoms with van der Waals surface area (Å²) in [5.41, 5.74) is 2.22. The smallest absolute Gasteiger partial charge is 0.270 e. The third kappa shape index (κ3) is 4.00. The molecule has 2 fully saturated rings. The highest BCUT2D eigenvalue weighted by Gasteiger charge is 2.27. The monoisotopic (exact) mass is 458 g/mol. The van der Waals surface area contributed by atoms with Crippen LogP contribution in [0.4, 0.5) is 11.4 Å². The number of hydrogen-bond acceptors (Lipinski definition) is 5. The first-order chi connectivity index (χ1) is 16.1. The molecule has 0 N–H and O–H groups in total. The van der Waals surface area contributed by atoms with Crippen molar-refractivity contribution in [1.29, 1.82) is 5.26 Å². The summed E-state index contributed by atoms with van der Waals surface area (Å²) in [4.78, 5) is 30.6. The first kappa shape index (κ1) is 21.6. The fourth-order valence-electron chi connectivity index (χ4n) is 4.92. The first-order valence-electron chi connectivity index (χ1n) is 11.4. The molecule has 0 unspecified atom stereocenters. The highest BCUT2D eigenvalue weighted by molar-refractivity contribution is 8.00. The summed E-state index contributed by atoms with van der Waals surface area (Å²) < 4.78 is 1.54. The Kier molecular flexibility index (Phi) is 5.86. The lowest BCUT2D eigenvalue weighted by molar-refractivity contribution is -0.117. The number of nitriles is 1. The maximum Gasteiger partial charge on any atom is 0.270 e. The molecule has 2 aliphatic heterocycles. The van der Waals surface area contributed by atoms with E-state index in [-0.39, 0.29) is 17.0 Å². The molecule has 3 aromatic rings. The molecule has 0 aliphatic carbocycles. The summed E-state index contributed by atoms with van der Waals surface area (Å²) in [5, 5.41) is 11.3. The number of rotatable bonds is 4. The van der Waals surface area contributed by atoms with E-state index in [1.165, 1.54) is 4.90 Å². The van der Waals surface area contributed by atoms with E-state index < -0.39 is 0 Å². The van der Waals surface area contributed by atoms with Gasteiger partial charge in [-0.3, -0.25) is 9.59 Å². The van der Waals surface area contributed by atoms with E-state index in [1.807, 2.05) is 36.0 Å². The maximum absolute atomic E-state index is 13.1. The molecule has 3 heterocycles. The molecule has 0 radical (unpaired) electrons. The first-order valence-corrected chi connectivity index (χ1v) is 12.3. The van der Waals surface area contributed by atoms with Crippen molar-refractivity contribution in [1.82, 2.24) is 4.57 Å². The van der Waals surface area contributed by atoms with E-state index >= 15 is 0 Å². The zero-order chi connectivity index (χ0) is 22.9. The van der Waals surface area contributed by atoms with Gasteiger partial charge in [-0.05, 0) is 49.6 Å². The summed E-state index contributed by atoms with van der Waals surface area (Å²) in [5.74, 6) is 0.117. The number of carbonyl (C=O) groups excluding carboxylic acids is 1. The average Bonchev–Trinajstić information content (AvgIpc) is 3.28. The minimum atomic E-state index is -0.286. The molecule has 2 saturated heterocycles. The van der Waals surface area contributed by atoms with Crippen LogP contribution in [0.15, 0.2) is 58.2 Å². The van der Waals surface area contributed by atoms with Crippen LogP contribution in [0.1, 0.15) is 31.2 Å². The molecule has 2 aromatic carbocycles. The number of anilines is 2. The average molecular weight is 459 g/mol. The Morgan fingerprint density at radius 2 is 1.79 bits per heavy atom. The predicted octanol–water partition coefficient (Wildman–Crippen LogP) is 4.30. The Morgan fingerprint density at radius 1 is 1.03 bits per heavy atom. The van der Waals surface area contributed by atoms with Gasteiger partial charge in [-0.1, -0.05) is 18.2 Å². The predicted molar refractivity (Wildman–Crippen MR) is 133 cm³/mol. The Balaban J connectivity index is 1.48. The Hall–Kier alpha value is -3.24. The van der Waals surface area contributed by atoms with Crippen molar-refractivity contribution in [3.8, 4) is 6.07 Å². The minimum absolute atomic E-state index is 0.117. The van der Waals surface area contributed by atoms with E-state index in [0.29, 0.717) is 18.2 Å². The van der Waals surface area contributed by atoms with Crippen molar-refractivity contribution < 1.29 is 4.79 Å². The number of aryl methyl sites for hydroxylation is 1. The van der Waals surface area contributed by atoms with Crippen LogP contribution < -0.4 is 15.4 Å². The van der Waals surface area contributed by atoms with Gasteiger partial charge < -0.3 is 14.4 Å². The highest BCUT2D eigenvalue weighted by atomic mass is 32.2.